The molecule has 226 valence electrons. The van der Waals surface area contributed by atoms with Gasteiger partial charge in [-0.15, -0.1) is 0 Å². The highest BCUT2D eigenvalue weighted by Crippen LogP contribution is 2.32. The lowest BCUT2D eigenvalue weighted by Gasteiger charge is -2.33. The van der Waals surface area contributed by atoms with Crippen molar-refractivity contribution in [3.63, 3.8) is 0 Å². The summed E-state index contributed by atoms with van der Waals surface area (Å²) in [5, 5.41) is 3.30. The van der Waals surface area contributed by atoms with Crippen molar-refractivity contribution in [3.05, 3.63) is 83.4 Å². The van der Waals surface area contributed by atoms with Gasteiger partial charge in [0, 0.05) is 23.7 Å². The number of nitrogens with zero attached hydrogens (tertiary/aromatic N) is 2. The van der Waals surface area contributed by atoms with Gasteiger partial charge < -0.3 is 19.7 Å². The van der Waals surface area contributed by atoms with E-state index in [0.717, 1.165) is 9.87 Å². The summed E-state index contributed by atoms with van der Waals surface area (Å²) < 4.78 is 39.8. The molecular formula is C31H38ClN3O6S. The van der Waals surface area contributed by atoms with Crippen LogP contribution < -0.4 is 19.1 Å². The minimum absolute atomic E-state index is 0.0941. The van der Waals surface area contributed by atoms with Gasteiger partial charge >= 0.3 is 0 Å². The number of hydrogen-bond donors (Lipinski definition) is 1. The van der Waals surface area contributed by atoms with Crippen LogP contribution in [0.15, 0.2) is 77.7 Å². The van der Waals surface area contributed by atoms with Crippen LogP contribution in [0.1, 0.15) is 32.8 Å². The first-order chi connectivity index (χ1) is 20.0. The number of halogens is 1. The van der Waals surface area contributed by atoms with Gasteiger partial charge in [-0.3, -0.25) is 13.9 Å². The van der Waals surface area contributed by atoms with Gasteiger partial charge in [0.25, 0.3) is 10.0 Å². The molecule has 2 amide bonds. The first kappa shape index (κ1) is 32.8. The van der Waals surface area contributed by atoms with Crippen LogP contribution in [-0.2, 0) is 26.0 Å². The Bertz CT molecular complexity index is 1450. The van der Waals surface area contributed by atoms with E-state index in [1.807, 2.05) is 51.1 Å². The van der Waals surface area contributed by atoms with Crippen LogP contribution in [0.25, 0.3) is 0 Å². The maximum absolute atomic E-state index is 14.1. The first-order valence-corrected chi connectivity index (χ1v) is 15.5. The third-order valence-electron chi connectivity index (χ3n) is 6.64. The molecule has 9 nitrogen and oxygen atoms in total. The van der Waals surface area contributed by atoms with Gasteiger partial charge in [-0.1, -0.05) is 48.9 Å². The molecule has 0 bridgehead atoms. The Hall–Kier alpha value is -3.76. The number of anilines is 1. The topological polar surface area (TPSA) is 105 Å². The second-order valence-electron chi connectivity index (χ2n) is 9.91. The zero-order valence-electron chi connectivity index (χ0n) is 24.5. The van der Waals surface area contributed by atoms with Gasteiger partial charge in [0.1, 0.15) is 12.6 Å². The summed E-state index contributed by atoms with van der Waals surface area (Å²) in [7, 11) is -1.42. The molecule has 0 saturated heterocycles. The average molecular weight is 616 g/mol. The number of carbonyl (C=O) groups excluding carboxylic acids is 2. The van der Waals surface area contributed by atoms with E-state index >= 15 is 0 Å². The van der Waals surface area contributed by atoms with Crippen molar-refractivity contribution in [1.82, 2.24) is 10.2 Å². The molecule has 1 unspecified atom stereocenters. The van der Waals surface area contributed by atoms with Crippen LogP contribution in [0.2, 0.25) is 5.02 Å². The number of hydrogen-bond acceptors (Lipinski definition) is 6. The van der Waals surface area contributed by atoms with Crippen LogP contribution in [0, 0.1) is 0 Å². The Labute approximate surface area is 253 Å². The Balaban J connectivity index is 2.05. The van der Waals surface area contributed by atoms with E-state index in [4.69, 9.17) is 21.1 Å². The number of methoxy groups -OCH3 is 2. The SMILES string of the molecule is CCC(C(=O)NC(C)C)N(CCc1ccccc1)C(=O)CN(c1ccc(Cl)cc1)S(=O)(=O)c1ccc(OC)c(OC)c1. The van der Waals surface area contributed by atoms with Crippen molar-refractivity contribution in [2.75, 3.05) is 31.6 Å². The van der Waals surface area contributed by atoms with Crippen LogP contribution in [0.4, 0.5) is 5.69 Å². The van der Waals surface area contributed by atoms with Crippen molar-refractivity contribution in [2.24, 2.45) is 0 Å². The molecule has 11 heteroatoms. The van der Waals surface area contributed by atoms with E-state index in [9.17, 15) is 18.0 Å². The fraction of sp³-hybridized carbons (Fsp3) is 0.355. The summed E-state index contributed by atoms with van der Waals surface area (Å²) in [4.78, 5) is 28.7. The molecule has 0 aromatic heterocycles. The van der Waals surface area contributed by atoms with Gasteiger partial charge in [-0.05, 0) is 68.7 Å². The normalized spacial score (nSPS) is 12.0. The number of benzene rings is 3. The molecule has 3 aromatic carbocycles. The fourth-order valence-electron chi connectivity index (χ4n) is 4.52. The lowest BCUT2D eigenvalue weighted by molar-refractivity contribution is -0.139. The molecule has 0 saturated carbocycles. The number of amides is 2. The fourth-order valence-corrected chi connectivity index (χ4v) is 6.07. The molecule has 0 aliphatic heterocycles. The largest absolute Gasteiger partial charge is 0.493 e. The summed E-state index contributed by atoms with van der Waals surface area (Å²) in [6.45, 7) is 5.19. The lowest BCUT2D eigenvalue weighted by Crippen LogP contribution is -2.54. The predicted molar refractivity (Wildman–Crippen MR) is 165 cm³/mol. The number of ether oxygens (including phenoxy) is 2. The average Bonchev–Trinajstić information content (AvgIpc) is 2.98. The molecule has 0 radical (unpaired) electrons. The van der Waals surface area contributed by atoms with Gasteiger partial charge in [-0.25, -0.2) is 8.42 Å². The zero-order chi connectivity index (χ0) is 30.9. The maximum Gasteiger partial charge on any atom is 0.264 e. The van der Waals surface area contributed by atoms with Gasteiger partial charge in [0.05, 0.1) is 24.8 Å². The molecule has 0 spiro atoms. The molecule has 0 aliphatic carbocycles. The Morgan fingerprint density at radius 1 is 0.929 bits per heavy atom. The van der Waals surface area contributed by atoms with Gasteiger partial charge in [0.15, 0.2) is 11.5 Å². The Kier molecular flexibility index (Phi) is 11.6. The summed E-state index contributed by atoms with van der Waals surface area (Å²) >= 11 is 6.09. The summed E-state index contributed by atoms with van der Waals surface area (Å²) in [6, 6.07) is 19.1. The second kappa shape index (κ2) is 14.9. The van der Waals surface area contributed by atoms with E-state index in [2.05, 4.69) is 5.32 Å². The third kappa shape index (κ3) is 8.17. The van der Waals surface area contributed by atoms with Gasteiger partial charge in [-0.2, -0.15) is 0 Å². The minimum atomic E-state index is -4.29. The number of rotatable bonds is 14. The van der Waals surface area contributed by atoms with Gasteiger partial charge in [0.2, 0.25) is 11.8 Å². The molecule has 0 heterocycles. The number of sulfonamides is 1. The first-order valence-electron chi connectivity index (χ1n) is 13.7. The van der Waals surface area contributed by atoms with Crippen molar-refractivity contribution in [3.8, 4) is 11.5 Å². The lowest BCUT2D eigenvalue weighted by atomic mass is 10.1. The van der Waals surface area contributed by atoms with Crippen molar-refractivity contribution in [2.45, 2.75) is 50.6 Å². The van der Waals surface area contributed by atoms with Crippen molar-refractivity contribution < 1.29 is 27.5 Å². The smallest absolute Gasteiger partial charge is 0.264 e. The van der Waals surface area contributed by atoms with Crippen LogP contribution >= 0.6 is 11.6 Å². The van der Waals surface area contributed by atoms with Crippen LogP contribution in [-0.4, -0.2) is 64.5 Å². The molecule has 3 aromatic rings. The molecule has 1 atom stereocenters. The van der Waals surface area contributed by atoms with E-state index in [1.54, 1.807) is 12.1 Å². The number of nitrogens with one attached hydrogen (secondary N) is 1. The third-order valence-corrected chi connectivity index (χ3v) is 8.66. The summed E-state index contributed by atoms with van der Waals surface area (Å²) in [6.07, 6.45) is 0.837. The van der Waals surface area contributed by atoms with E-state index in [-0.39, 0.29) is 34.8 Å². The van der Waals surface area contributed by atoms with Crippen LogP contribution in [0.3, 0.4) is 0 Å². The second-order valence-corrected chi connectivity index (χ2v) is 12.2. The predicted octanol–water partition coefficient (Wildman–Crippen LogP) is 4.93. The molecule has 42 heavy (non-hydrogen) atoms. The van der Waals surface area contributed by atoms with Crippen LogP contribution in [0.5, 0.6) is 11.5 Å². The highest BCUT2D eigenvalue weighted by atomic mass is 35.5. The molecule has 3 rings (SSSR count). The Morgan fingerprint density at radius 3 is 2.14 bits per heavy atom. The number of carbonyl (C=O) groups is 2. The molecule has 1 N–H and O–H groups in total. The minimum Gasteiger partial charge on any atom is -0.493 e. The monoisotopic (exact) mass is 615 g/mol. The zero-order valence-corrected chi connectivity index (χ0v) is 26.1. The summed E-state index contributed by atoms with van der Waals surface area (Å²) in [5.74, 6) is -0.230. The van der Waals surface area contributed by atoms with E-state index < -0.39 is 28.5 Å². The van der Waals surface area contributed by atoms with E-state index in [1.165, 1.54) is 49.5 Å². The highest BCUT2D eigenvalue weighted by Gasteiger charge is 2.34. The standard InChI is InChI=1S/C31H38ClN3O6S/c1-6-27(31(37)33-22(2)3)34(19-18-23-10-8-7-9-11-23)30(36)21-35(25-14-12-24(32)13-15-25)42(38,39)26-16-17-28(40-4)29(20-26)41-5/h7-17,20,22,27H,6,18-19,21H2,1-5H3,(H,33,37). The molecular weight excluding hydrogens is 578 g/mol. The van der Waals surface area contributed by atoms with Crippen molar-refractivity contribution in [1.29, 1.82) is 0 Å². The quantitative estimate of drug-likeness (QED) is 0.276. The Morgan fingerprint density at radius 2 is 1.57 bits per heavy atom. The van der Waals surface area contributed by atoms with Crippen molar-refractivity contribution >= 4 is 39.1 Å². The highest BCUT2D eigenvalue weighted by molar-refractivity contribution is 7.92. The summed E-state index contributed by atoms with van der Waals surface area (Å²) in [5.41, 5.74) is 1.23. The molecule has 0 aliphatic rings. The van der Waals surface area contributed by atoms with E-state index in [0.29, 0.717) is 23.6 Å². The maximum atomic E-state index is 14.1. The molecule has 0 fully saturated rings.